The molecule has 7 nitrogen and oxygen atoms in total. The molecule has 1 atom stereocenters. The van der Waals surface area contributed by atoms with Crippen LogP contribution in [0.15, 0.2) is 18.2 Å². The molecular weight excluding hydrogens is 267 g/mol. The zero-order valence-electron chi connectivity index (χ0n) is 10.7. The lowest BCUT2D eigenvalue weighted by Crippen LogP contribution is -2.28. The Morgan fingerprint density at radius 2 is 2.20 bits per heavy atom. The molecule has 0 aromatic heterocycles. The van der Waals surface area contributed by atoms with E-state index in [0.29, 0.717) is 16.8 Å². The quantitative estimate of drug-likeness (QED) is 0.552. The molecule has 20 heavy (non-hydrogen) atoms. The minimum absolute atomic E-state index is 0.00408. The van der Waals surface area contributed by atoms with E-state index in [9.17, 15) is 14.6 Å². The summed E-state index contributed by atoms with van der Waals surface area (Å²) in [5, 5.41) is 18.3. The van der Waals surface area contributed by atoms with Gasteiger partial charge in [0.25, 0.3) is 0 Å². The summed E-state index contributed by atoms with van der Waals surface area (Å²) >= 11 is 0. The third-order valence-electron chi connectivity index (χ3n) is 2.91. The molecule has 106 valence electrons. The number of aliphatic carboxylic acids is 1. The number of methoxy groups -OCH3 is 1. The summed E-state index contributed by atoms with van der Waals surface area (Å²) in [6, 6.07) is 4.70. The first-order valence-electron chi connectivity index (χ1n) is 5.90. The predicted molar refractivity (Wildman–Crippen MR) is 67.6 cm³/mol. The lowest BCUT2D eigenvalue weighted by Gasteiger charge is -2.10. The molecule has 8 heteroatoms. The second-order valence-corrected chi connectivity index (χ2v) is 4.23. The Labute approximate surface area is 115 Å². The number of carboxylic acids is 1. The Hall–Kier alpha value is -2.06. The highest BCUT2D eigenvalue weighted by Crippen LogP contribution is 2.28. The highest BCUT2D eigenvalue weighted by Gasteiger charge is 2.36. The third kappa shape index (κ3) is 3.09. The number of ether oxygens (including phenoxy) is 2. The number of benzene rings is 1. The van der Waals surface area contributed by atoms with Crippen LogP contribution >= 0.6 is 0 Å². The van der Waals surface area contributed by atoms with Crippen LogP contribution in [-0.4, -0.2) is 42.9 Å². The van der Waals surface area contributed by atoms with Gasteiger partial charge in [0.1, 0.15) is 5.75 Å². The Morgan fingerprint density at radius 3 is 2.85 bits per heavy atom. The molecule has 1 aromatic rings. The molecule has 0 aliphatic carbocycles. The zero-order chi connectivity index (χ0) is 14.7. The molecule has 1 unspecified atom stereocenters. The molecule has 0 bridgehead atoms. The Bertz CT molecular complexity index is 531. The number of esters is 1. The van der Waals surface area contributed by atoms with Crippen LogP contribution in [0.3, 0.4) is 0 Å². The van der Waals surface area contributed by atoms with Crippen molar-refractivity contribution in [3.8, 4) is 5.75 Å². The molecule has 1 heterocycles. The fourth-order valence-corrected chi connectivity index (χ4v) is 1.99. The van der Waals surface area contributed by atoms with E-state index in [1.54, 1.807) is 12.1 Å². The average molecular weight is 280 g/mol. The van der Waals surface area contributed by atoms with Crippen molar-refractivity contribution in [3.05, 3.63) is 23.8 Å². The fourth-order valence-electron chi connectivity index (χ4n) is 1.99. The molecule has 0 radical (unpaired) electrons. The van der Waals surface area contributed by atoms with Crippen LogP contribution in [0, 0.1) is 0 Å². The Morgan fingerprint density at radius 1 is 1.45 bits per heavy atom. The molecule has 0 fully saturated rings. The van der Waals surface area contributed by atoms with Gasteiger partial charge in [0.2, 0.25) is 0 Å². The van der Waals surface area contributed by atoms with E-state index in [1.807, 2.05) is 0 Å². The van der Waals surface area contributed by atoms with Crippen LogP contribution < -0.4 is 10.2 Å². The monoisotopic (exact) mass is 280 g/mol. The van der Waals surface area contributed by atoms with Gasteiger partial charge in [0.05, 0.1) is 19.6 Å². The van der Waals surface area contributed by atoms with Crippen LogP contribution in [-0.2, 0) is 19.0 Å². The van der Waals surface area contributed by atoms with Crippen molar-refractivity contribution in [1.82, 2.24) is 0 Å². The van der Waals surface area contributed by atoms with Crippen LogP contribution in [0.5, 0.6) is 5.75 Å². The second-order valence-electron chi connectivity index (χ2n) is 4.23. The zero-order valence-corrected chi connectivity index (χ0v) is 10.7. The summed E-state index contributed by atoms with van der Waals surface area (Å²) < 4.78 is 14.8. The van der Waals surface area contributed by atoms with Gasteiger partial charge in [-0.25, -0.2) is 4.79 Å². The van der Waals surface area contributed by atoms with Crippen molar-refractivity contribution in [3.63, 3.8) is 0 Å². The van der Waals surface area contributed by atoms with Crippen molar-refractivity contribution in [1.29, 1.82) is 0 Å². The van der Waals surface area contributed by atoms with Crippen LogP contribution in [0.4, 0.5) is 0 Å². The minimum Gasteiger partial charge on any atom is -0.482 e. The summed E-state index contributed by atoms with van der Waals surface area (Å²) in [7, 11) is 0.102. The summed E-state index contributed by atoms with van der Waals surface area (Å²) in [6.07, 6.45) is -0.587. The van der Waals surface area contributed by atoms with Crippen LogP contribution in [0.2, 0.25) is 0 Å². The maximum Gasteiger partial charge on any atom is 0.492 e. The first-order chi connectivity index (χ1) is 9.51. The maximum atomic E-state index is 11.3. The van der Waals surface area contributed by atoms with Crippen LogP contribution in [0.1, 0.15) is 18.1 Å². The molecule has 1 aromatic carbocycles. The van der Waals surface area contributed by atoms with E-state index >= 15 is 0 Å². The van der Waals surface area contributed by atoms with Gasteiger partial charge >= 0.3 is 19.1 Å². The van der Waals surface area contributed by atoms with Crippen LogP contribution in [0.25, 0.3) is 0 Å². The minimum atomic E-state index is -1.17. The molecular formula is C12H13BO7. The van der Waals surface area contributed by atoms with Crippen molar-refractivity contribution in [2.24, 2.45) is 0 Å². The molecule has 1 aliphatic heterocycles. The summed E-state index contributed by atoms with van der Waals surface area (Å²) in [5.74, 6) is -1.22. The number of carbonyl (C=O) groups excluding carboxylic acids is 1. The number of hydrogen-bond donors (Lipinski definition) is 2. The van der Waals surface area contributed by atoms with Crippen molar-refractivity contribution in [2.75, 3.05) is 13.7 Å². The summed E-state index contributed by atoms with van der Waals surface area (Å²) in [4.78, 5) is 21.7. The number of fused-ring (bicyclic) bond motifs is 1. The lowest BCUT2D eigenvalue weighted by atomic mass is 9.79. The van der Waals surface area contributed by atoms with Gasteiger partial charge in [0.15, 0.2) is 6.61 Å². The number of rotatable bonds is 5. The number of hydrogen-bond acceptors (Lipinski definition) is 6. The van der Waals surface area contributed by atoms with E-state index in [-0.39, 0.29) is 6.42 Å². The molecule has 0 saturated carbocycles. The topological polar surface area (TPSA) is 102 Å². The SMILES string of the molecule is COC(=O)CC1OB(O)c2cc(OCC(=O)O)ccc21. The third-order valence-corrected chi connectivity index (χ3v) is 2.91. The molecule has 1 aliphatic rings. The van der Waals surface area contributed by atoms with Gasteiger partial charge < -0.3 is 24.3 Å². The van der Waals surface area contributed by atoms with Crippen molar-refractivity contribution in [2.45, 2.75) is 12.5 Å². The highest BCUT2D eigenvalue weighted by molar-refractivity contribution is 6.61. The molecule has 2 rings (SSSR count). The number of carboxylic acid groups (broad SMARTS) is 1. The van der Waals surface area contributed by atoms with Gasteiger partial charge in [-0.15, -0.1) is 0 Å². The smallest absolute Gasteiger partial charge is 0.482 e. The van der Waals surface area contributed by atoms with E-state index in [4.69, 9.17) is 14.5 Å². The van der Waals surface area contributed by atoms with E-state index < -0.39 is 31.8 Å². The lowest BCUT2D eigenvalue weighted by molar-refractivity contribution is -0.142. The summed E-state index contributed by atoms with van der Waals surface area (Å²) in [6.45, 7) is -0.471. The molecule has 0 saturated heterocycles. The number of carbonyl (C=O) groups is 2. The van der Waals surface area contributed by atoms with Crippen molar-refractivity contribution >= 4 is 24.5 Å². The normalized spacial score (nSPS) is 16.7. The fraction of sp³-hybridized carbons (Fsp3) is 0.333. The second kappa shape index (κ2) is 5.93. The molecule has 0 spiro atoms. The van der Waals surface area contributed by atoms with Gasteiger partial charge in [-0.05, 0) is 23.2 Å². The first kappa shape index (κ1) is 14.4. The molecule has 2 N–H and O–H groups in total. The predicted octanol–water partition coefficient (Wildman–Crippen LogP) is -0.528. The van der Waals surface area contributed by atoms with E-state index in [2.05, 4.69) is 4.74 Å². The van der Waals surface area contributed by atoms with Gasteiger partial charge in [-0.2, -0.15) is 0 Å². The first-order valence-corrected chi connectivity index (χ1v) is 5.90. The average Bonchev–Trinajstić information content (AvgIpc) is 2.72. The van der Waals surface area contributed by atoms with Crippen molar-refractivity contribution < 1.29 is 33.8 Å². The van der Waals surface area contributed by atoms with E-state index in [0.717, 1.165) is 0 Å². The van der Waals surface area contributed by atoms with E-state index in [1.165, 1.54) is 13.2 Å². The van der Waals surface area contributed by atoms with Gasteiger partial charge in [-0.1, -0.05) is 6.07 Å². The Balaban J connectivity index is 2.15. The highest BCUT2D eigenvalue weighted by atomic mass is 16.5. The molecule has 0 amide bonds. The van der Waals surface area contributed by atoms with Gasteiger partial charge in [-0.3, -0.25) is 4.79 Å². The Kier molecular flexibility index (Phi) is 4.26. The maximum absolute atomic E-state index is 11.3. The summed E-state index contributed by atoms with van der Waals surface area (Å²) in [5.41, 5.74) is 1.12. The standard InChI is InChI=1S/C12H13BO7/c1-18-12(16)5-10-8-3-2-7(19-6-11(14)15)4-9(8)13(17)20-10/h2-4,10,17H,5-6H2,1H3,(H,14,15). The largest absolute Gasteiger partial charge is 0.492 e. The van der Waals surface area contributed by atoms with Gasteiger partial charge in [0, 0.05) is 0 Å².